The Labute approximate surface area is 111 Å². The van der Waals surface area contributed by atoms with Crippen molar-refractivity contribution >= 4 is 21.6 Å². The van der Waals surface area contributed by atoms with Gasteiger partial charge >= 0.3 is 0 Å². The van der Waals surface area contributed by atoms with Crippen LogP contribution < -0.4 is 4.90 Å². The average molecular weight is 300 g/mol. The Morgan fingerprint density at radius 2 is 1.94 bits per heavy atom. The van der Waals surface area contributed by atoms with Gasteiger partial charge in [-0.1, -0.05) is 22.4 Å². The van der Waals surface area contributed by atoms with Crippen molar-refractivity contribution in [1.82, 2.24) is 0 Å². The quantitative estimate of drug-likeness (QED) is 0.736. The first-order valence-corrected chi connectivity index (χ1v) is 7.38. The number of benzene rings is 1. The van der Waals surface area contributed by atoms with E-state index in [-0.39, 0.29) is 5.82 Å². The minimum atomic E-state index is -0.163. The second-order valence-electron chi connectivity index (χ2n) is 4.98. The monoisotopic (exact) mass is 299 g/mol. The summed E-state index contributed by atoms with van der Waals surface area (Å²) in [5, 5.41) is 1.07. The van der Waals surface area contributed by atoms with E-state index < -0.39 is 0 Å². The van der Waals surface area contributed by atoms with Crippen LogP contribution in [-0.2, 0) is 0 Å². The molecule has 1 nitrogen and oxygen atoms in total. The van der Waals surface area contributed by atoms with Crippen molar-refractivity contribution < 1.29 is 4.39 Å². The summed E-state index contributed by atoms with van der Waals surface area (Å²) in [6.07, 6.45) is 3.94. The van der Waals surface area contributed by atoms with Crippen LogP contribution >= 0.6 is 15.9 Å². The molecule has 1 aliphatic rings. The molecule has 0 N–H and O–H groups in total. The fraction of sp³-hybridized carbons (Fsp3) is 0.571. The van der Waals surface area contributed by atoms with Crippen LogP contribution in [0.4, 0.5) is 10.1 Å². The van der Waals surface area contributed by atoms with Crippen LogP contribution in [0.3, 0.4) is 0 Å². The fourth-order valence-electron chi connectivity index (χ4n) is 2.45. The molecule has 0 aliphatic heterocycles. The predicted molar refractivity (Wildman–Crippen MR) is 74.4 cm³/mol. The lowest BCUT2D eigenvalue weighted by atomic mass is 9.70. The molecule has 1 saturated carbocycles. The van der Waals surface area contributed by atoms with Crippen molar-refractivity contribution in [2.75, 3.05) is 23.3 Å². The normalized spacial score (nSPS) is 17.6. The molecule has 1 aromatic carbocycles. The number of halogens is 2. The zero-order chi connectivity index (χ0) is 12.3. The highest BCUT2D eigenvalue weighted by molar-refractivity contribution is 9.09. The second-order valence-corrected chi connectivity index (χ2v) is 5.54. The molecule has 1 aliphatic carbocycles. The van der Waals surface area contributed by atoms with Crippen LogP contribution in [0.5, 0.6) is 0 Å². The SMILES string of the molecule is CCN(CC1(CBr)CCC1)c1ccc(F)cc1. The van der Waals surface area contributed by atoms with E-state index in [9.17, 15) is 4.39 Å². The van der Waals surface area contributed by atoms with Gasteiger partial charge in [-0.15, -0.1) is 0 Å². The van der Waals surface area contributed by atoms with Crippen LogP contribution in [-0.4, -0.2) is 18.4 Å². The first-order valence-electron chi connectivity index (χ1n) is 6.25. The van der Waals surface area contributed by atoms with Crippen molar-refractivity contribution in [3.63, 3.8) is 0 Å². The lowest BCUT2D eigenvalue weighted by molar-refractivity contribution is 0.177. The van der Waals surface area contributed by atoms with Gasteiger partial charge in [-0.2, -0.15) is 0 Å². The summed E-state index contributed by atoms with van der Waals surface area (Å²) in [6.45, 7) is 4.20. The second kappa shape index (κ2) is 5.38. The maximum atomic E-state index is 12.9. The molecule has 0 heterocycles. The van der Waals surface area contributed by atoms with Gasteiger partial charge in [0, 0.05) is 24.1 Å². The van der Waals surface area contributed by atoms with Crippen molar-refractivity contribution in [1.29, 1.82) is 0 Å². The summed E-state index contributed by atoms with van der Waals surface area (Å²) >= 11 is 3.64. The van der Waals surface area contributed by atoms with E-state index in [1.807, 2.05) is 12.1 Å². The Kier molecular flexibility index (Phi) is 4.08. The van der Waals surface area contributed by atoms with Crippen LogP contribution in [0.15, 0.2) is 24.3 Å². The van der Waals surface area contributed by atoms with Crippen LogP contribution in [0.25, 0.3) is 0 Å². The van der Waals surface area contributed by atoms with Crippen molar-refractivity contribution in [3.8, 4) is 0 Å². The third-order valence-corrected chi connectivity index (χ3v) is 4.99. The minimum Gasteiger partial charge on any atom is -0.371 e. The van der Waals surface area contributed by atoms with Gasteiger partial charge in [-0.25, -0.2) is 4.39 Å². The van der Waals surface area contributed by atoms with E-state index in [0.29, 0.717) is 5.41 Å². The number of nitrogens with zero attached hydrogens (tertiary/aromatic N) is 1. The summed E-state index contributed by atoms with van der Waals surface area (Å²) in [5.74, 6) is -0.163. The molecule has 0 atom stereocenters. The van der Waals surface area contributed by atoms with Gasteiger partial charge in [0.2, 0.25) is 0 Å². The maximum absolute atomic E-state index is 12.9. The van der Waals surface area contributed by atoms with Gasteiger partial charge in [-0.3, -0.25) is 0 Å². The molecule has 0 unspecified atom stereocenters. The third-order valence-electron chi connectivity index (χ3n) is 3.80. The molecule has 0 amide bonds. The first-order chi connectivity index (χ1) is 8.19. The molecule has 1 aromatic rings. The molecule has 17 heavy (non-hydrogen) atoms. The molecule has 0 spiro atoms. The molecule has 1 fully saturated rings. The van der Waals surface area contributed by atoms with E-state index in [1.54, 1.807) is 12.1 Å². The van der Waals surface area contributed by atoms with Crippen LogP contribution in [0, 0.1) is 11.2 Å². The molecule has 0 aromatic heterocycles. The molecular weight excluding hydrogens is 281 g/mol. The van der Waals surface area contributed by atoms with E-state index in [1.165, 1.54) is 19.3 Å². The van der Waals surface area contributed by atoms with Gasteiger partial charge in [0.1, 0.15) is 5.82 Å². The Morgan fingerprint density at radius 3 is 2.35 bits per heavy atom. The lowest BCUT2D eigenvalue weighted by Crippen LogP contribution is -2.43. The van der Waals surface area contributed by atoms with Crippen LogP contribution in [0.1, 0.15) is 26.2 Å². The summed E-state index contributed by atoms with van der Waals surface area (Å²) in [5.41, 5.74) is 1.56. The van der Waals surface area contributed by atoms with Crippen molar-refractivity contribution in [3.05, 3.63) is 30.1 Å². The first kappa shape index (κ1) is 12.9. The van der Waals surface area contributed by atoms with Gasteiger partial charge in [0.15, 0.2) is 0 Å². The highest BCUT2D eigenvalue weighted by Crippen LogP contribution is 2.43. The molecule has 2 rings (SSSR count). The Balaban J connectivity index is 2.08. The predicted octanol–water partition coefficient (Wildman–Crippen LogP) is 4.22. The number of anilines is 1. The van der Waals surface area contributed by atoms with E-state index in [2.05, 4.69) is 27.8 Å². The third kappa shape index (κ3) is 2.82. The Hall–Kier alpha value is -0.570. The van der Waals surface area contributed by atoms with Gasteiger partial charge in [-0.05, 0) is 49.4 Å². The standard InChI is InChI=1S/C14H19BrFN/c1-2-17(11-14(10-15)8-3-9-14)13-6-4-12(16)5-7-13/h4-7H,2-3,8-11H2,1H3. The average Bonchev–Trinajstić information content (AvgIpc) is 2.30. The Morgan fingerprint density at radius 1 is 1.29 bits per heavy atom. The molecule has 3 heteroatoms. The highest BCUT2D eigenvalue weighted by atomic mass is 79.9. The van der Waals surface area contributed by atoms with Gasteiger partial charge < -0.3 is 4.90 Å². The maximum Gasteiger partial charge on any atom is 0.123 e. The Bertz CT molecular complexity index is 353. The fourth-order valence-corrected chi connectivity index (χ4v) is 3.19. The molecular formula is C14H19BrFN. The molecule has 0 saturated heterocycles. The summed E-state index contributed by atoms with van der Waals surface area (Å²) in [6, 6.07) is 6.83. The van der Waals surface area contributed by atoms with Crippen molar-refractivity contribution in [2.24, 2.45) is 5.41 Å². The zero-order valence-corrected chi connectivity index (χ0v) is 11.8. The molecule has 0 radical (unpaired) electrons. The van der Waals surface area contributed by atoms with Gasteiger partial charge in [0.25, 0.3) is 0 Å². The number of hydrogen-bond donors (Lipinski definition) is 0. The number of rotatable bonds is 5. The number of hydrogen-bond acceptors (Lipinski definition) is 1. The van der Waals surface area contributed by atoms with E-state index >= 15 is 0 Å². The minimum absolute atomic E-state index is 0.163. The largest absolute Gasteiger partial charge is 0.371 e. The number of alkyl halides is 1. The molecule has 0 bridgehead atoms. The topological polar surface area (TPSA) is 3.24 Å². The molecule has 94 valence electrons. The summed E-state index contributed by atoms with van der Waals surface area (Å²) in [7, 11) is 0. The zero-order valence-electron chi connectivity index (χ0n) is 10.3. The van der Waals surface area contributed by atoms with E-state index in [4.69, 9.17) is 0 Å². The highest BCUT2D eigenvalue weighted by Gasteiger charge is 2.37. The van der Waals surface area contributed by atoms with Crippen LogP contribution in [0.2, 0.25) is 0 Å². The van der Waals surface area contributed by atoms with E-state index in [0.717, 1.165) is 24.1 Å². The van der Waals surface area contributed by atoms with Gasteiger partial charge in [0.05, 0.1) is 0 Å². The lowest BCUT2D eigenvalue weighted by Gasteiger charge is -2.44. The summed E-state index contributed by atoms with van der Waals surface area (Å²) < 4.78 is 12.9. The smallest absolute Gasteiger partial charge is 0.123 e. The summed E-state index contributed by atoms with van der Waals surface area (Å²) in [4.78, 5) is 2.35. The van der Waals surface area contributed by atoms with Crippen molar-refractivity contribution in [2.45, 2.75) is 26.2 Å².